The lowest BCUT2D eigenvalue weighted by Gasteiger charge is -2.15. The summed E-state index contributed by atoms with van der Waals surface area (Å²) < 4.78 is 36.8. The molecule has 1 aromatic rings. The van der Waals surface area contributed by atoms with Crippen LogP contribution in [0.25, 0.3) is 0 Å². The lowest BCUT2D eigenvalue weighted by atomic mass is 10.1. The van der Waals surface area contributed by atoms with Crippen molar-refractivity contribution in [2.75, 3.05) is 5.32 Å². The second-order valence-electron chi connectivity index (χ2n) is 4.06. The Morgan fingerprint density at radius 3 is 2.35 bits per heavy atom. The van der Waals surface area contributed by atoms with Gasteiger partial charge >= 0.3 is 6.18 Å². The van der Waals surface area contributed by atoms with Crippen LogP contribution in [-0.4, -0.2) is 12.2 Å². The summed E-state index contributed by atoms with van der Waals surface area (Å²) in [4.78, 5) is 0. The molecule has 0 aromatic heterocycles. The van der Waals surface area contributed by atoms with E-state index < -0.39 is 12.6 Å². The van der Waals surface area contributed by atoms with Crippen molar-refractivity contribution < 1.29 is 13.2 Å². The maximum atomic E-state index is 12.0. The molecule has 17 heavy (non-hydrogen) atoms. The second-order valence-corrected chi connectivity index (χ2v) is 4.98. The smallest absolute Gasteiger partial charge is 0.383 e. The van der Waals surface area contributed by atoms with Gasteiger partial charge in [0.2, 0.25) is 0 Å². The van der Waals surface area contributed by atoms with Crippen molar-refractivity contribution in [3.8, 4) is 0 Å². The van der Waals surface area contributed by atoms with Gasteiger partial charge in [0.15, 0.2) is 0 Å². The average Bonchev–Trinajstić information content (AvgIpc) is 2.19. The SMILES string of the molecule is CC(CCCC(F)(F)F)Nc1ccc(Br)cc1. The Kier molecular flexibility index (Phi) is 5.31. The maximum absolute atomic E-state index is 12.0. The molecule has 0 aliphatic rings. The highest BCUT2D eigenvalue weighted by Crippen LogP contribution is 2.23. The third kappa shape index (κ3) is 6.56. The van der Waals surface area contributed by atoms with Crippen molar-refractivity contribution in [3.05, 3.63) is 28.7 Å². The van der Waals surface area contributed by atoms with Gasteiger partial charge in [-0.2, -0.15) is 13.2 Å². The van der Waals surface area contributed by atoms with Gasteiger partial charge < -0.3 is 5.32 Å². The second kappa shape index (κ2) is 6.28. The Morgan fingerprint density at radius 2 is 1.82 bits per heavy atom. The van der Waals surface area contributed by atoms with Gasteiger partial charge in [-0.1, -0.05) is 15.9 Å². The molecule has 1 atom stereocenters. The molecular formula is C12H15BrF3N. The number of hydrogen-bond acceptors (Lipinski definition) is 1. The first-order valence-electron chi connectivity index (χ1n) is 5.46. The standard InChI is InChI=1S/C12H15BrF3N/c1-9(3-2-8-12(14,15)16)17-11-6-4-10(13)5-7-11/h4-7,9,17H,2-3,8H2,1H3. The highest BCUT2D eigenvalue weighted by Gasteiger charge is 2.26. The average molecular weight is 310 g/mol. The van der Waals surface area contributed by atoms with Gasteiger partial charge in [-0.3, -0.25) is 0 Å². The number of benzene rings is 1. The lowest BCUT2D eigenvalue weighted by molar-refractivity contribution is -0.135. The van der Waals surface area contributed by atoms with Crippen LogP contribution in [0.2, 0.25) is 0 Å². The summed E-state index contributed by atoms with van der Waals surface area (Å²) in [6, 6.07) is 7.61. The van der Waals surface area contributed by atoms with Crippen LogP contribution in [0.5, 0.6) is 0 Å². The first-order chi connectivity index (χ1) is 7.87. The van der Waals surface area contributed by atoms with Crippen molar-refractivity contribution >= 4 is 21.6 Å². The normalized spacial score (nSPS) is 13.5. The molecule has 0 bridgehead atoms. The zero-order valence-corrected chi connectivity index (χ0v) is 11.1. The monoisotopic (exact) mass is 309 g/mol. The van der Waals surface area contributed by atoms with Crippen LogP contribution >= 0.6 is 15.9 Å². The Labute approximate surface area is 108 Å². The van der Waals surface area contributed by atoms with E-state index in [1.807, 2.05) is 31.2 Å². The molecule has 0 aliphatic carbocycles. The Morgan fingerprint density at radius 1 is 1.24 bits per heavy atom. The van der Waals surface area contributed by atoms with Crippen LogP contribution in [0.1, 0.15) is 26.2 Å². The van der Waals surface area contributed by atoms with Crippen LogP contribution in [0.3, 0.4) is 0 Å². The molecule has 1 unspecified atom stereocenters. The molecule has 0 saturated carbocycles. The predicted octanol–water partition coefficient (Wildman–Crippen LogP) is 4.98. The summed E-state index contributed by atoms with van der Waals surface area (Å²) in [5, 5.41) is 3.17. The molecular weight excluding hydrogens is 295 g/mol. The molecule has 5 heteroatoms. The van der Waals surface area contributed by atoms with Gasteiger partial charge in [-0.15, -0.1) is 0 Å². The van der Waals surface area contributed by atoms with Gasteiger partial charge in [0.25, 0.3) is 0 Å². The van der Waals surface area contributed by atoms with E-state index in [0.717, 1.165) is 10.2 Å². The summed E-state index contributed by atoms with van der Waals surface area (Å²) in [5.74, 6) is 0. The maximum Gasteiger partial charge on any atom is 0.389 e. The molecule has 0 radical (unpaired) electrons. The number of alkyl halides is 3. The minimum absolute atomic E-state index is 0.0403. The summed E-state index contributed by atoms with van der Waals surface area (Å²) >= 11 is 3.32. The molecule has 0 fully saturated rings. The zero-order valence-electron chi connectivity index (χ0n) is 9.52. The lowest BCUT2D eigenvalue weighted by Crippen LogP contribution is -2.16. The molecule has 0 saturated heterocycles. The minimum Gasteiger partial charge on any atom is -0.383 e. The fourth-order valence-corrected chi connectivity index (χ4v) is 1.78. The van der Waals surface area contributed by atoms with E-state index in [2.05, 4.69) is 21.2 Å². The van der Waals surface area contributed by atoms with Gasteiger partial charge in [0.1, 0.15) is 0 Å². The van der Waals surface area contributed by atoms with Crippen molar-refractivity contribution in [2.24, 2.45) is 0 Å². The zero-order chi connectivity index (χ0) is 12.9. The van der Waals surface area contributed by atoms with Crippen LogP contribution in [0, 0.1) is 0 Å². The van der Waals surface area contributed by atoms with Crippen LogP contribution in [0.4, 0.5) is 18.9 Å². The topological polar surface area (TPSA) is 12.0 Å². The van der Waals surface area contributed by atoms with Crippen LogP contribution in [0.15, 0.2) is 28.7 Å². The van der Waals surface area contributed by atoms with E-state index in [1.165, 1.54) is 0 Å². The third-order valence-corrected chi connectivity index (χ3v) is 2.88. The summed E-state index contributed by atoms with van der Waals surface area (Å²) in [7, 11) is 0. The van der Waals surface area contributed by atoms with Gasteiger partial charge in [-0.25, -0.2) is 0 Å². The Bertz CT molecular complexity index is 335. The van der Waals surface area contributed by atoms with E-state index in [-0.39, 0.29) is 12.5 Å². The molecule has 0 amide bonds. The van der Waals surface area contributed by atoms with E-state index >= 15 is 0 Å². The summed E-state index contributed by atoms with van der Waals surface area (Å²) in [6.07, 6.45) is -4.08. The largest absolute Gasteiger partial charge is 0.389 e. The van der Waals surface area contributed by atoms with E-state index in [0.29, 0.717) is 6.42 Å². The third-order valence-electron chi connectivity index (χ3n) is 2.35. The molecule has 0 spiro atoms. The first kappa shape index (κ1) is 14.4. The Hall–Kier alpha value is -0.710. The molecule has 0 aliphatic heterocycles. The van der Waals surface area contributed by atoms with Gasteiger partial charge in [0, 0.05) is 22.6 Å². The van der Waals surface area contributed by atoms with Gasteiger partial charge in [-0.05, 0) is 44.0 Å². The number of nitrogens with one attached hydrogen (secondary N) is 1. The molecule has 96 valence electrons. The molecule has 1 nitrogen and oxygen atoms in total. The molecule has 1 aromatic carbocycles. The number of halogens is 4. The van der Waals surface area contributed by atoms with E-state index in [9.17, 15) is 13.2 Å². The number of anilines is 1. The van der Waals surface area contributed by atoms with Crippen LogP contribution < -0.4 is 5.32 Å². The van der Waals surface area contributed by atoms with Crippen molar-refractivity contribution in [1.82, 2.24) is 0 Å². The molecule has 1 N–H and O–H groups in total. The van der Waals surface area contributed by atoms with Crippen LogP contribution in [-0.2, 0) is 0 Å². The van der Waals surface area contributed by atoms with Crippen molar-refractivity contribution in [3.63, 3.8) is 0 Å². The summed E-state index contributed by atoms with van der Waals surface area (Å²) in [6.45, 7) is 1.89. The van der Waals surface area contributed by atoms with E-state index in [1.54, 1.807) is 0 Å². The number of rotatable bonds is 5. The van der Waals surface area contributed by atoms with Gasteiger partial charge in [0.05, 0.1) is 0 Å². The summed E-state index contributed by atoms with van der Waals surface area (Å²) in [5.41, 5.74) is 0.924. The quantitative estimate of drug-likeness (QED) is 0.808. The van der Waals surface area contributed by atoms with Crippen molar-refractivity contribution in [1.29, 1.82) is 0 Å². The predicted molar refractivity (Wildman–Crippen MR) is 67.1 cm³/mol. The Balaban J connectivity index is 2.30. The number of hydrogen-bond donors (Lipinski definition) is 1. The highest BCUT2D eigenvalue weighted by molar-refractivity contribution is 9.10. The fourth-order valence-electron chi connectivity index (χ4n) is 1.51. The first-order valence-corrected chi connectivity index (χ1v) is 6.25. The fraction of sp³-hybridized carbons (Fsp3) is 0.500. The van der Waals surface area contributed by atoms with E-state index in [4.69, 9.17) is 0 Å². The highest BCUT2D eigenvalue weighted by atomic mass is 79.9. The van der Waals surface area contributed by atoms with Crippen molar-refractivity contribution in [2.45, 2.75) is 38.4 Å². The molecule has 0 heterocycles. The molecule has 1 rings (SSSR count). The minimum atomic E-state index is -4.04.